The fraction of sp³-hybridized carbons (Fsp3) is 0.538. The summed E-state index contributed by atoms with van der Waals surface area (Å²) >= 11 is 8.18. The third-order valence-electron chi connectivity index (χ3n) is 2.96. The predicted molar refractivity (Wildman–Crippen MR) is 90.3 cm³/mol. The van der Waals surface area contributed by atoms with E-state index in [4.69, 9.17) is 26.8 Å². The fourth-order valence-electron chi connectivity index (χ4n) is 2.18. The first kappa shape index (κ1) is 16.9. The topological polar surface area (TPSA) is 75.2 Å². The van der Waals surface area contributed by atoms with Crippen LogP contribution in [0.25, 0.3) is 11.0 Å². The van der Waals surface area contributed by atoms with Crippen LogP contribution in [0.1, 0.15) is 25.8 Å². The van der Waals surface area contributed by atoms with Crippen LogP contribution in [-0.4, -0.2) is 34.3 Å². The lowest BCUT2D eigenvalue weighted by Crippen LogP contribution is -2.19. The minimum absolute atomic E-state index is 0.214. The minimum Gasteiger partial charge on any atom is -0.347 e. The maximum atomic E-state index is 5.92. The van der Waals surface area contributed by atoms with E-state index in [1.54, 1.807) is 6.20 Å². The van der Waals surface area contributed by atoms with Crippen molar-refractivity contribution in [2.24, 2.45) is 5.73 Å². The van der Waals surface area contributed by atoms with Gasteiger partial charge in [0.15, 0.2) is 6.29 Å². The molecule has 2 N–H and O–H groups in total. The Hall–Kier alpha value is -0.480. The van der Waals surface area contributed by atoms with E-state index in [0.29, 0.717) is 26.3 Å². The van der Waals surface area contributed by atoms with Crippen molar-refractivity contribution in [1.29, 1.82) is 0 Å². The number of ether oxygens (including phenoxy) is 2. The molecule has 0 amide bonds. The van der Waals surface area contributed by atoms with Gasteiger partial charge < -0.3 is 19.8 Å². The van der Waals surface area contributed by atoms with Crippen LogP contribution in [0, 0.1) is 3.57 Å². The maximum Gasteiger partial charge on any atom is 0.224 e. The van der Waals surface area contributed by atoms with Crippen molar-refractivity contribution >= 4 is 45.2 Å². The summed E-state index contributed by atoms with van der Waals surface area (Å²) in [6, 6.07) is 0. The van der Waals surface area contributed by atoms with Crippen molar-refractivity contribution in [3.05, 3.63) is 20.7 Å². The third kappa shape index (κ3) is 3.48. The molecule has 6 nitrogen and oxygen atoms in total. The Bertz CT molecular complexity index is 614. The molecule has 2 aromatic heterocycles. The van der Waals surface area contributed by atoms with Gasteiger partial charge in [-0.15, -0.1) is 0 Å². The Morgan fingerprint density at radius 1 is 1.38 bits per heavy atom. The molecule has 0 bridgehead atoms. The lowest BCUT2D eigenvalue weighted by molar-refractivity contribution is -0.144. The molecule has 8 heteroatoms. The van der Waals surface area contributed by atoms with Crippen molar-refractivity contribution in [3.8, 4) is 0 Å². The third-order valence-corrected chi connectivity index (χ3v) is 4.27. The van der Waals surface area contributed by atoms with Crippen LogP contribution in [0.15, 0.2) is 6.20 Å². The summed E-state index contributed by atoms with van der Waals surface area (Å²) in [6.45, 7) is 6.07. The predicted octanol–water partition coefficient (Wildman–Crippen LogP) is 2.72. The minimum atomic E-state index is -0.452. The van der Waals surface area contributed by atoms with Crippen molar-refractivity contribution in [2.75, 3.05) is 19.8 Å². The second kappa shape index (κ2) is 7.68. The molecule has 2 rings (SSSR count). The van der Waals surface area contributed by atoms with Crippen LogP contribution in [0.3, 0.4) is 0 Å². The van der Waals surface area contributed by atoms with Gasteiger partial charge in [-0.05, 0) is 48.0 Å². The van der Waals surface area contributed by atoms with Gasteiger partial charge >= 0.3 is 0 Å². The van der Waals surface area contributed by atoms with E-state index in [1.807, 2.05) is 18.4 Å². The highest BCUT2D eigenvalue weighted by Crippen LogP contribution is 2.33. The zero-order chi connectivity index (χ0) is 15.4. The molecule has 0 aliphatic rings. The van der Waals surface area contributed by atoms with Gasteiger partial charge in [-0.1, -0.05) is 0 Å². The molecule has 0 saturated heterocycles. The molecule has 0 aliphatic carbocycles. The molecular formula is C13H18ClIN4O2. The molecule has 116 valence electrons. The molecule has 0 aromatic carbocycles. The van der Waals surface area contributed by atoms with E-state index < -0.39 is 6.29 Å². The first-order chi connectivity index (χ1) is 10.1. The summed E-state index contributed by atoms with van der Waals surface area (Å²) in [4.78, 5) is 8.38. The number of halogens is 2. The average molecular weight is 425 g/mol. The van der Waals surface area contributed by atoms with Crippen LogP contribution < -0.4 is 5.73 Å². The number of hydrogen-bond acceptors (Lipinski definition) is 5. The van der Waals surface area contributed by atoms with Gasteiger partial charge in [0.1, 0.15) is 5.65 Å². The number of hydrogen-bond donors (Lipinski definition) is 1. The standard InChI is InChI=1S/C13H18ClIN4O2/c1-3-20-12(21-4-2)10-9(15)8-7-17-13(14)18-11(8)19(10)6-5-16/h7,12H,3-6,16H2,1-2H3. The van der Waals surface area contributed by atoms with E-state index in [0.717, 1.165) is 20.3 Å². The summed E-state index contributed by atoms with van der Waals surface area (Å²) in [5, 5.41) is 1.14. The van der Waals surface area contributed by atoms with Gasteiger partial charge in [-0.25, -0.2) is 4.98 Å². The van der Waals surface area contributed by atoms with Crippen molar-refractivity contribution in [2.45, 2.75) is 26.7 Å². The average Bonchev–Trinajstić information content (AvgIpc) is 2.72. The van der Waals surface area contributed by atoms with Crippen LogP contribution in [0.2, 0.25) is 5.28 Å². The summed E-state index contributed by atoms with van der Waals surface area (Å²) in [6.07, 6.45) is 1.27. The van der Waals surface area contributed by atoms with Crippen molar-refractivity contribution in [1.82, 2.24) is 14.5 Å². The number of fused-ring (bicyclic) bond motifs is 1. The molecule has 0 aliphatic heterocycles. The molecule has 0 spiro atoms. The number of nitrogens with zero attached hydrogens (tertiary/aromatic N) is 3. The number of aromatic nitrogens is 3. The lowest BCUT2D eigenvalue weighted by Gasteiger charge is -2.20. The second-order valence-corrected chi connectivity index (χ2v) is 5.68. The van der Waals surface area contributed by atoms with Crippen LogP contribution in [0.4, 0.5) is 0 Å². The quantitative estimate of drug-likeness (QED) is 0.420. The largest absolute Gasteiger partial charge is 0.347 e. The monoisotopic (exact) mass is 424 g/mol. The van der Waals surface area contributed by atoms with E-state index in [2.05, 4.69) is 32.6 Å². The fourth-order valence-corrected chi connectivity index (χ4v) is 3.23. The van der Waals surface area contributed by atoms with Gasteiger partial charge in [0.25, 0.3) is 0 Å². The summed E-state index contributed by atoms with van der Waals surface area (Å²) < 4.78 is 14.5. The first-order valence-electron chi connectivity index (χ1n) is 6.77. The highest BCUT2D eigenvalue weighted by Gasteiger charge is 2.25. The molecule has 0 fully saturated rings. The molecule has 0 unspecified atom stereocenters. The maximum absolute atomic E-state index is 5.92. The van der Waals surface area contributed by atoms with E-state index >= 15 is 0 Å². The first-order valence-corrected chi connectivity index (χ1v) is 8.23. The van der Waals surface area contributed by atoms with E-state index in [1.165, 1.54) is 0 Å². The lowest BCUT2D eigenvalue weighted by atomic mass is 10.3. The normalized spacial score (nSPS) is 11.7. The van der Waals surface area contributed by atoms with Gasteiger partial charge in [-0.3, -0.25) is 0 Å². The molecular weight excluding hydrogens is 407 g/mol. The van der Waals surface area contributed by atoms with E-state index in [-0.39, 0.29) is 5.28 Å². The van der Waals surface area contributed by atoms with Gasteiger partial charge in [-0.2, -0.15) is 4.98 Å². The Kier molecular flexibility index (Phi) is 6.18. The zero-order valence-corrected chi connectivity index (χ0v) is 14.9. The van der Waals surface area contributed by atoms with Gasteiger partial charge in [0.05, 0.1) is 14.7 Å². The van der Waals surface area contributed by atoms with Crippen LogP contribution >= 0.6 is 34.2 Å². The van der Waals surface area contributed by atoms with Crippen LogP contribution in [-0.2, 0) is 16.0 Å². The summed E-state index contributed by atoms with van der Waals surface area (Å²) in [7, 11) is 0. The van der Waals surface area contributed by atoms with E-state index in [9.17, 15) is 0 Å². The molecule has 21 heavy (non-hydrogen) atoms. The van der Waals surface area contributed by atoms with Gasteiger partial charge in [0.2, 0.25) is 5.28 Å². The summed E-state index contributed by atoms with van der Waals surface area (Å²) in [5.74, 6) is 0. The zero-order valence-electron chi connectivity index (χ0n) is 12.0. The summed E-state index contributed by atoms with van der Waals surface area (Å²) in [5.41, 5.74) is 7.40. The smallest absolute Gasteiger partial charge is 0.224 e. The Morgan fingerprint density at radius 2 is 2.05 bits per heavy atom. The molecule has 0 atom stereocenters. The molecule has 0 saturated carbocycles. The highest BCUT2D eigenvalue weighted by molar-refractivity contribution is 14.1. The Labute approximate surface area is 142 Å². The molecule has 0 radical (unpaired) electrons. The number of rotatable bonds is 7. The van der Waals surface area contributed by atoms with Gasteiger partial charge in [0, 0.05) is 32.5 Å². The molecule has 2 aromatic rings. The second-order valence-electron chi connectivity index (χ2n) is 4.26. The Balaban J connectivity index is 2.64. The molecule has 2 heterocycles. The van der Waals surface area contributed by atoms with Crippen molar-refractivity contribution < 1.29 is 9.47 Å². The van der Waals surface area contributed by atoms with Crippen molar-refractivity contribution in [3.63, 3.8) is 0 Å². The highest BCUT2D eigenvalue weighted by atomic mass is 127. The number of nitrogens with two attached hydrogens (primary N) is 1. The SMILES string of the molecule is CCOC(OCC)c1c(I)c2cnc(Cl)nc2n1CCN. The Morgan fingerprint density at radius 3 is 2.62 bits per heavy atom. The van der Waals surface area contributed by atoms with Crippen LogP contribution in [0.5, 0.6) is 0 Å².